The lowest BCUT2D eigenvalue weighted by atomic mass is 10.4. The third-order valence-electron chi connectivity index (χ3n) is 1.82. The Bertz CT molecular complexity index is 383. The second-order valence-electron chi connectivity index (χ2n) is 3.12. The number of aryl methyl sites for hydroxylation is 1. The molecule has 4 N–H and O–H groups in total. The fourth-order valence-electron chi connectivity index (χ4n) is 1.25. The Morgan fingerprint density at radius 3 is 2.73 bits per heavy atom. The Morgan fingerprint density at radius 1 is 1.53 bits per heavy atom. The Kier molecular flexibility index (Phi) is 3.46. The first-order valence-electron chi connectivity index (χ1n) is 4.47. The summed E-state index contributed by atoms with van der Waals surface area (Å²) in [5.74, 6) is -0.442. The highest BCUT2D eigenvalue weighted by molar-refractivity contribution is 5.96. The molecule has 0 aliphatic heterocycles. The molecule has 6 heteroatoms. The largest absolute Gasteiger partial charge is 0.344 e. The molecule has 0 aromatic carbocycles. The van der Waals surface area contributed by atoms with Gasteiger partial charge in [0.2, 0.25) is 5.91 Å². The number of nitrogens with zero attached hydrogens (tertiary/aromatic N) is 1. The molecule has 15 heavy (non-hydrogen) atoms. The molecule has 0 bridgehead atoms. The van der Waals surface area contributed by atoms with Crippen LogP contribution in [0.5, 0.6) is 0 Å². The number of amides is 2. The van der Waals surface area contributed by atoms with Crippen molar-refractivity contribution in [2.45, 2.75) is 6.92 Å². The molecule has 0 fully saturated rings. The topological polar surface area (TPSA) is 89.2 Å². The summed E-state index contributed by atoms with van der Waals surface area (Å²) in [6.45, 7) is 1.49. The number of carbonyl (C=O) groups is 2. The number of hydrogen-bond acceptors (Lipinski definition) is 3. The van der Waals surface area contributed by atoms with Crippen LogP contribution in [-0.4, -0.2) is 23.1 Å². The summed E-state index contributed by atoms with van der Waals surface area (Å²) in [5.41, 5.74) is 6.23. The van der Waals surface area contributed by atoms with Gasteiger partial charge in [0, 0.05) is 20.2 Å². The zero-order valence-electron chi connectivity index (χ0n) is 8.70. The summed E-state index contributed by atoms with van der Waals surface area (Å²) in [5, 5.41) is 5.07. The van der Waals surface area contributed by atoms with E-state index >= 15 is 0 Å². The number of aromatic nitrogens is 1. The molecule has 2 amide bonds. The lowest BCUT2D eigenvalue weighted by molar-refractivity contribution is -0.114. The van der Waals surface area contributed by atoms with Crippen LogP contribution >= 0.6 is 0 Å². The van der Waals surface area contributed by atoms with E-state index in [4.69, 9.17) is 5.73 Å². The zero-order valence-corrected chi connectivity index (χ0v) is 8.70. The van der Waals surface area contributed by atoms with E-state index in [1.54, 1.807) is 23.9 Å². The molecule has 0 saturated heterocycles. The van der Waals surface area contributed by atoms with Crippen molar-refractivity contribution in [3.63, 3.8) is 0 Å². The van der Waals surface area contributed by atoms with Crippen molar-refractivity contribution < 1.29 is 9.59 Å². The first-order valence-corrected chi connectivity index (χ1v) is 4.47. The summed E-state index contributed by atoms with van der Waals surface area (Å²) >= 11 is 0. The molecule has 0 aliphatic carbocycles. The van der Waals surface area contributed by atoms with Crippen molar-refractivity contribution in [3.05, 3.63) is 18.0 Å². The van der Waals surface area contributed by atoms with Crippen molar-refractivity contribution in [3.8, 4) is 0 Å². The van der Waals surface area contributed by atoms with Crippen molar-refractivity contribution in [1.29, 1.82) is 0 Å². The van der Waals surface area contributed by atoms with Crippen LogP contribution in [0.3, 0.4) is 0 Å². The van der Waals surface area contributed by atoms with Gasteiger partial charge in [-0.2, -0.15) is 0 Å². The number of anilines is 1. The second-order valence-corrected chi connectivity index (χ2v) is 3.12. The summed E-state index contributed by atoms with van der Waals surface area (Å²) in [4.78, 5) is 22.2. The summed E-state index contributed by atoms with van der Waals surface area (Å²) in [6.07, 6.45) is 1.66. The third kappa shape index (κ3) is 2.81. The van der Waals surface area contributed by atoms with Gasteiger partial charge in [0.1, 0.15) is 5.69 Å². The lowest BCUT2D eigenvalue weighted by Crippen LogP contribution is -2.30. The molecule has 0 aliphatic rings. The molecule has 1 heterocycles. The van der Waals surface area contributed by atoms with Gasteiger partial charge in [0.25, 0.3) is 5.91 Å². The molecular formula is C9H14N4O2. The van der Waals surface area contributed by atoms with Crippen LogP contribution in [0.15, 0.2) is 12.3 Å². The summed E-state index contributed by atoms with van der Waals surface area (Å²) in [7, 11) is 1.72. The van der Waals surface area contributed by atoms with Gasteiger partial charge >= 0.3 is 0 Å². The van der Waals surface area contributed by atoms with Gasteiger partial charge in [-0.05, 0) is 6.07 Å². The third-order valence-corrected chi connectivity index (χ3v) is 1.82. The maximum absolute atomic E-state index is 11.4. The van der Waals surface area contributed by atoms with Crippen LogP contribution < -0.4 is 16.4 Å². The van der Waals surface area contributed by atoms with Crippen molar-refractivity contribution in [1.82, 2.24) is 9.88 Å². The SMILES string of the molecule is CC(=O)Nc1cc(C(=O)NCN)n(C)c1. The van der Waals surface area contributed by atoms with Crippen molar-refractivity contribution in [2.75, 3.05) is 12.0 Å². The van der Waals surface area contributed by atoms with Crippen LogP contribution in [0.25, 0.3) is 0 Å². The van der Waals surface area contributed by atoms with E-state index in [1.165, 1.54) is 6.92 Å². The first-order chi connectivity index (χ1) is 7.04. The molecule has 0 radical (unpaired) electrons. The first kappa shape index (κ1) is 11.3. The molecule has 0 unspecified atom stereocenters. The molecule has 6 nitrogen and oxygen atoms in total. The molecule has 1 aromatic rings. The molecule has 82 valence electrons. The van der Waals surface area contributed by atoms with Crippen LogP contribution in [0.2, 0.25) is 0 Å². The number of nitrogens with one attached hydrogen (secondary N) is 2. The maximum Gasteiger partial charge on any atom is 0.268 e. The van der Waals surface area contributed by atoms with Gasteiger partial charge in [-0.25, -0.2) is 0 Å². The lowest BCUT2D eigenvalue weighted by Gasteiger charge is -2.01. The normalized spacial score (nSPS) is 9.80. The summed E-state index contributed by atoms with van der Waals surface area (Å²) < 4.78 is 1.62. The fourth-order valence-corrected chi connectivity index (χ4v) is 1.25. The van der Waals surface area contributed by atoms with Crippen LogP contribution in [0, 0.1) is 0 Å². The van der Waals surface area contributed by atoms with Crippen molar-refractivity contribution >= 4 is 17.5 Å². The number of nitrogens with two attached hydrogens (primary N) is 1. The smallest absolute Gasteiger partial charge is 0.268 e. The summed E-state index contributed by atoms with van der Waals surface area (Å²) in [6, 6.07) is 1.59. The van der Waals surface area contributed by atoms with Gasteiger partial charge in [-0.1, -0.05) is 0 Å². The van der Waals surface area contributed by atoms with Crippen LogP contribution in [-0.2, 0) is 11.8 Å². The number of hydrogen-bond donors (Lipinski definition) is 3. The average Bonchev–Trinajstić information content (AvgIpc) is 2.46. The molecule has 0 saturated carbocycles. The second kappa shape index (κ2) is 4.61. The molecule has 1 aromatic heterocycles. The fraction of sp³-hybridized carbons (Fsp3) is 0.333. The highest BCUT2D eigenvalue weighted by Gasteiger charge is 2.10. The average molecular weight is 210 g/mol. The Morgan fingerprint density at radius 2 is 2.20 bits per heavy atom. The zero-order chi connectivity index (χ0) is 11.4. The Balaban J connectivity index is 2.86. The van der Waals surface area contributed by atoms with Crippen LogP contribution in [0.1, 0.15) is 17.4 Å². The predicted molar refractivity (Wildman–Crippen MR) is 56.2 cm³/mol. The van der Waals surface area contributed by atoms with Gasteiger partial charge in [-0.15, -0.1) is 0 Å². The van der Waals surface area contributed by atoms with Crippen molar-refractivity contribution in [2.24, 2.45) is 12.8 Å². The minimum absolute atomic E-state index is 0.0828. The minimum Gasteiger partial charge on any atom is -0.344 e. The number of rotatable bonds is 3. The van der Waals surface area contributed by atoms with Gasteiger partial charge in [0.15, 0.2) is 0 Å². The van der Waals surface area contributed by atoms with E-state index in [-0.39, 0.29) is 18.5 Å². The van der Waals surface area contributed by atoms with Gasteiger partial charge in [-0.3, -0.25) is 9.59 Å². The monoisotopic (exact) mass is 210 g/mol. The van der Waals surface area contributed by atoms with Gasteiger partial charge < -0.3 is 20.9 Å². The molecular weight excluding hydrogens is 196 g/mol. The standard InChI is InChI=1S/C9H14N4O2/c1-6(14)12-7-3-8(13(2)4-7)9(15)11-5-10/h3-4H,5,10H2,1-2H3,(H,11,15)(H,12,14). The Hall–Kier alpha value is -1.82. The van der Waals surface area contributed by atoms with Crippen LogP contribution in [0.4, 0.5) is 5.69 Å². The van der Waals surface area contributed by atoms with E-state index in [9.17, 15) is 9.59 Å². The molecule has 0 atom stereocenters. The molecule has 1 rings (SSSR count). The molecule has 0 spiro atoms. The highest BCUT2D eigenvalue weighted by Crippen LogP contribution is 2.12. The minimum atomic E-state index is -0.267. The Labute approximate surface area is 87.4 Å². The van der Waals surface area contributed by atoms with E-state index < -0.39 is 0 Å². The van der Waals surface area contributed by atoms with E-state index in [2.05, 4.69) is 10.6 Å². The van der Waals surface area contributed by atoms with E-state index in [0.29, 0.717) is 11.4 Å². The quantitative estimate of drug-likeness (QED) is 0.594. The maximum atomic E-state index is 11.4. The predicted octanol–water partition coefficient (Wildman–Crippen LogP) is -0.370. The van der Waals surface area contributed by atoms with E-state index in [1.807, 2.05) is 0 Å². The highest BCUT2D eigenvalue weighted by atomic mass is 16.2. The number of carbonyl (C=O) groups excluding carboxylic acids is 2. The van der Waals surface area contributed by atoms with Gasteiger partial charge in [0.05, 0.1) is 12.4 Å². The van der Waals surface area contributed by atoms with E-state index in [0.717, 1.165) is 0 Å².